The lowest BCUT2D eigenvalue weighted by molar-refractivity contribution is 0.336. The number of nitrogens with zero attached hydrogens (tertiary/aromatic N) is 3. The predicted octanol–water partition coefficient (Wildman–Crippen LogP) is 3.14. The molecule has 2 atom stereocenters. The van der Waals surface area contributed by atoms with E-state index in [0.29, 0.717) is 11.2 Å². The molecule has 3 nitrogen and oxygen atoms in total. The van der Waals surface area contributed by atoms with E-state index < -0.39 is 0 Å². The molecule has 0 radical (unpaired) electrons. The molecule has 1 saturated carbocycles. The van der Waals surface area contributed by atoms with E-state index in [0.717, 1.165) is 11.6 Å². The second kappa shape index (κ2) is 5.00. The summed E-state index contributed by atoms with van der Waals surface area (Å²) in [6.07, 6.45) is 6.99. The van der Waals surface area contributed by atoms with Crippen LogP contribution in [0.4, 0.5) is 5.69 Å². The van der Waals surface area contributed by atoms with Crippen LogP contribution in [0.25, 0.3) is 0 Å². The molecule has 0 amide bonds. The molecule has 0 aromatic carbocycles. The average molecular weight is 240 g/mol. The summed E-state index contributed by atoms with van der Waals surface area (Å²) in [6.45, 7) is 2.33. The summed E-state index contributed by atoms with van der Waals surface area (Å²) in [6, 6.07) is 2.50. The van der Waals surface area contributed by atoms with Crippen molar-refractivity contribution in [3.05, 3.63) is 17.4 Å². The Morgan fingerprint density at radius 1 is 1.44 bits per heavy atom. The van der Waals surface area contributed by atoms with Crippen molar-refractivity contribution in [1.29, 1.82) is 0 Å². The van der Waals surface area contributed by atoms with Gasteiger partial charge in [0.2, 0.25) is 0 Å². The second-order valence-corrected chi connectivity index (χ2v) is 5.16. The number of halogens is 1. The Balaban J connectivity index is 2.09. The molecule has 88 valence electrons. The Morgan fingerprint density at radius 3 is 2.94 bits per heavy atom. The molecule has 4 heteroatoms. The van der Waals surface area contributed by atoms with Gasteiger partial charge in [-0.1, -0.05) is 31.4 Å². The molecule has 1 fully saturated rings. The van der Waals surface area contributed by atoms with E-state index in [2.05, 4.69) is 29.1 Å². The molecule has 0 spiro atoms. The molecular weight excluding hydrogens is 222 g/mol. The van der Waals surface area contributed by atoms with Crippen molar-refractivity contribution in [3.63, 3.8) is 0 Å². The highest BCUT2D eigenvalue weighted by molar-refractivity contribution is 6.29. The lowest BCUT2D eigenvalue weighted by atomic mass is 9.86. The zero-order valence-corrected chi connectivity index (χ0v) is 10.6. The molecule has 1 aliphatic rings. The first-order valence-electron chi connectivity index (χ1n) is 5.88. The highest BCUT2D eigenvalue weighted by Gasteiger charge is 2.22. The van der Waals surface area contributed by atoms with Crippen molar-refractivity contribution in [2.45, 2.75) is 38.6 Å². The standard InChI is InChI=1S/C12H18ClN3/c1-9-4-3-5-10(6-9)16(2)11-7-12(13)15-14-8-11/h7-10H,3-6H2,1-2H3. The summed E-state index contributed by atoms with van der Waals surface area (Å²) < 4.78 is 0. The molecule has 1 heterocycles. The molecule has 2 rings (SSSR count). The van der Waals surface area contributed by atoms with Crippen LogP contribution in [0.2, 0.25) is 5.15 Å². The van der Waals surface area contributed by atoms with Crippen LogP contribution < -0.4 is 4.90 Å². The topological polar surface area (TPSA) is 29.0 Å². The van der Waals surface area contributed by atoms with Gasteiger partial charge in [-0.05, 0) is 18.8 Å². The fourth-order valence-corrected chi connectivity index (χ4v) is 2.64. The summed E-state index contributed by atoms with van der Waals surface area (Å²) in [5, 5.41) is 8.13. The van der Waals surface area contributed by atoms with Gasteiger partial charge in [0.1, 0.15) is 0 Å². The molecule has 0 saturated heterocycles. The Morgan fingerprint density at radius 2 is 2.25 bits per heavy atom. The fourth-order valence-electron chi connectivity index (χ4n) is 2.49. The van der Waals surface area contributed by atoms with Crippen molar-refractivity contribution in [1.82, 2.24) is 10.2 Å². The van der Waals surface area contributed by atoms with E-state index in [1.54, 1.807) is 6.20 Å². The third-order valence-corrected chi connectivity index (χ3v) is 3.66. The smallest absolute Gasteiger partial charge is 0.153 e. The molecule has 16 heavy (non-hydrogen) atoms. The largest absolute Gasteiger partial charge is 0.370 e. The Kier molecular flexibility index (Phi) is 3.64. The number of anilines is 1. The molecule has 1 aromatic rings. The first-order valence-corrected chi connectivity index (χ1v) is 6.25. The van der Waals surface area contributed by atoms with Gasteiger partial charge in [-0.25, -0.2) is 0 Å². The van der Waals surface area contributed by atoms with E-state index in [1.165, 1.54) is 25.7 Å². The lowest BCUT2D eigenvalue weighted by Gasteiger charge is -2.35. The van der Waals surface area contributed by atoms with E-state index in [4.69, 9.17) is 11.6 Å². The zero-order chi connectivity index (χ0) is 11.5. The van der Waals surface area contributed by atoms with Gasteiger partial charge < -0.3 is 4.90 Å². The van der Waals surface area contributed by atoms with Crippen molar-refractivity contribution < 1.29 is 0 Å². The second-order valence-electron chi connectivity index (χ2n) is 4.77. The van der Waals surface area contributed by atoms with Crippen LogP contribution in [-0.4, -0.2) is 23.3 Å². The Bertz CT molecular complexity index is 356. The average Bonchev–Trinajstić information content (AvgIpc) is 2.28. The maximum atomic E-state index is 5.86. The maximum Gasteiger partial charge on any atom is 0.153 e. The Labute approximate surface area is 102 Å². The molecule has 0 bridgehead atoms. The van der Waals surface area contributed by atoms with Gasteiger partial charge in [0, 0.05) is 19.2 Å². The van der Waals surface area contributed by atoms with Gasteiger partial charge in [-0.2, -0.15) is 5.10 Å². The maximum absolute atomic E-state index is 5.86. The number of hydrogen-bond donors (Lipinski definition) is 0. The SMILES string of the molecule is CC1CCCC(N(C)c2cnnc(Cl)c2)C1. The van der Waals surface area contributed by atoms with Crippen molar-refractivity contribution >= 4 is 17.3 Å². The summed E-state index contributed by atoms with van der Waals surface area (Å²) in [5.41, 5.74) is 1.07. The van der Waals surface area contributed by atoms with Crippen LogP contribution in [-0.2, 0) is 0 Å². The minimum Gasteiger partial charge on any atom is -0.370 e. The van der Waals surface area contributed by atoms with Crippen LogP contribution in [0.3, 0.4) is 0 Å². The van der Waals surface area contributed by atoms with Gasteiger partial charge in [-0.15, -0.1) is 5.10 Å². The van der Waals surface area contributed by atoms with Gasteiger partial charge in [-0.3, -0.25) is 0 Å². The van der Waals surface area contributed by atoms with E-state index >= 15 is 0 Å². The van der Waals surface area contributed by atoms with Gasteiger partial charge in [0.05, 0.1) is 11.9 Å². The minimum absolute atomic E-state index is 0.466. The first kappa shape index (κ1) is 11.6. The van der Waals surface area contributed by atoms with Crippen molar-refractivity contribution in [2.75, 3.05) is 11.9 Å². The summed E-state index contributed by atoms with van der Waals surface area (Å²) in [7, 11) is 2.12. The van der Waals surface area contributed by atoms with Crippen molar-refractivity contribution in [3.8, 4) is 0 Å². The van der Waals surface area contributed by atoms with Crippen LogP contribution in [0.5, 0.6) is 0 Å². The lowest BCUT2D eigenvalue weighted by Crippen LogP contribution is -2.35. The first-order chi connectivity index (χ1) is 7.66. The van der Waals surface area contributed by atoms with Crippen molar-refractivity contribution in [2.24, 2.45) is 5.92 Å². The highest BCUT2D eigenvalue weighted by Crippen LogP contribution is 2.29. The Hall–Kier alpha value is -0.830. The highest BCUT2D eigenvalue weighted by atomic mass is 35.5. The number of hydrogen-bond acceptors (Lipinski definition) is 3. The molecule has 1 aliphatic carbocycles. The molecular formula is C12H18ClN3. The zero-order valence-electron chi connectivity index (χ0n) is 9.86. The normalized spacial score (nSPS) is 25.4. The van der Waals surface area contributed by atoms with Gasteiger partial charge in [0.25, 0.3) is 0 Å². The monoisotopic (exact) mass is 239 g/mol. The van der Waals surface area contributed by atoms with E-state index in [1.807, 2.05) is 6.07 Å². The summed E-state index contributed by atoms with van der Waals surface area (Å²) in [4.78, 5) is 2.29. The van der Waals surface area contributed by atoms with Gasteiger partial charge >= 0.3 is 0 Å². The van der Waals surface area contributed by atoms with Crippen LogP contribution >= 0.6 is 11.6 Å². The molecule has 0 aliphatic heterocycles. The van der Waals surface area contributed by atoms with Crippen LogP contribution in [0.1, 0.15) is 32.6 Å². The quantitative estimate of drug-likeness (QED) is 0.794. The molecule has 0 N–H and O–H groups in total. The minimum atomic E-state index is 0.466. The molecule has 2 unspecified atom stereocenters. The fraction of sp³-hybridized carbons (Fsp3) is 0.667. The van der Waals surface area contributed by atoms with E-state index in [9.17, 15) is 0 Å². The number of aromatic nitrogens is 2. The predicted molar refractivity (Wildman–Crippen MR) is 66.9 cm³/mol. The van der Waals surface area contributed by atoms with E-state index in [-0.39, 0.29) is 0 Å². The van der Waals surface area contributed by atoms with Crippen LogP contribution in [0.15, 0.2) is 12.3 Å². The third-order valence-electron chi connectivity index (χ3n) is 3.47. The summed E-state index contributed by atoms with van der Waals surface area (Å²) in [5.74, 6) is 0.825. The van der Waals surface area contributed by atoms with Crippen LogP contribution in [0, 0.1) is 5.92 Å². The number of rotatable bonds is 2. The molecule has 1 aromatic heterocycles. The third kappa shape index (κ3) is 2.64. The summed E-state index contributed by atoms with van der Waals surface area (Å²) >= 11 is 5.86. The van der Waals surface area contributed by atoms with Gasteiger partial charge in [0.15, 0.2) is 5.15 Å².